The standard InChI is InChI=1S/C17H23NO2S/c19-16(20)17-8-4-7-15(17)11-18(13-17)9-10-21-12-14-5-2-1-3-6-14/h1-3,5-6,15H,4,7-13H2,(H,19,20)/t15-,17+/m0/s1. The van der Waals surface area contributed by atoms with Crippen LogP contribution in [0.2, 0.25) is 0 Å². The molecular weight excluding hydrogens is 282 g/mol. The fraction of sp³-hybridized carbons (Fsp3) is 0.588. The summed E-state index contributed by atoms with van der Waals surface area (Å²) >= 11 is 1.94. The third-order valence-electron chi connectivity index (χ3n) is 5.03. The number of hydrogen-bond acceptors (Lipinski definition) is 3. The number of carbonyl (C=O) groups is 1. The molecule has 0 unspecified atom stereocenters. The molecule has 1 aromatic rings. The van der Waals surface area contributed by atoms with E-state index in [9.17, 15) is 9.90 Å². The molecule has 0 aromatic heterocycles. The van der Waals surface area contributed by atoms with Gasteiger partial charge in [-0.15, -0.1) is 0 Å². The first kappa shape index (κ1) is 14.9. The van der Waals surface area contributed by atoms with Crippen molar-refractivity contribution < 1.29 is 9.90 Å². The summed E-state index contributed by atoms with van der Waals surface area (Å²) in [7, 11) is 0. The fourth-order valence-corrected chi connectivity index (χ4v) is 4.83. The Bertz CT molecular complexity index is 493. The zero-order valence-electron chi connectivity index (χ0n) is 12.3. The van der Waals surface area contributed by atoms with E-state index in [1.165, 1.54) is 5.56 Å². The highest BCUT2D eigenvalue weighted by Crippen LogP contribution is 2.48. The highest BCUT2D eigenvalue weighted by Gasteiger charge is 2.54. The second-order valence-corrected chi connectivity index (χ2v) is 7.43. The van der Waals surface area contributed by atoms with Crippen LogP contribution >= 0.6 is 11.8 Å². The molecule has 1 saturated heterocycles. The van der Waals surface area contributed by atoms with Crippen molar-refractivity contribution in [2.45, 2.75) is 25.0 Å². The van der Waals surface area contributed by atoms with E-state index in [1.807, 2.05) is 17.8 Å². The van der Waals surface area contributed by atoms with Crippen molar-refractivity contribution in [3.05, 3.63) is 35.9 Å². The average molecular weight is 305 g/mol. The van der Waals surface area contributed by atoms with E-state index in [4.69, 9.17) is 0 Å². The quantitative estimate of drug-likeness (QED) is 0.820. The summed E-state index contributed by atoms with van der Waals surface area (Å²) in [5.74, 6) is 1.94. The lowest BCUT2D eigenvalue weighted by molar-refractivity contribution is -0.149. The lowest BCUT2D eigenvalue weighted by atomic mass is 9.81. The van der Waals surface area contributed by atoms with Crippen molar-refractivity contribution in [1.82, 2.24) is 4.90 Å². The number of fused-ring (bicyclic) bond motifs is 1. The summed E-state index contributed by atoms with van der Waals surface area (Å²) < 4.78 is 0. The van der Waals surface area contributed by atoms with Crippen LogP contribution in [0.4, 0.5) is 0 Å². The molecule has 1 aromatic carbocycles. The van der Waals surface area contributed by atoms with Crippen LogP contribution in [0.3, 0.4) is 0 Å². The maximum Gasteiger partial charge on any atom is 0.311 e. The topological polar surface area (TPSA) is 40.5 Å². The molecular formula is C17H23NO2S. The number of carboxylic acid groups (broad SMARTS) is 1. The van der Waals surface area contributed by atoms with Gasteiger partial charge in [0.15, 0.2) is 0 Å². The number of aliphatic carboxylic acids is 1. The van der Waals surface area contributed by atoms with E-state index in [-0.39, 0.29) is 0 Å². The monoisotopic (exact) mass is 305 g/mol. The molecule has 0 radical (unpaired) electrons. The molecule has 3 nitrogen and oxygen atoms in total. The second-order valence-electron chi connectivity index (χ2n) is 6.32. The van der Waals surface area contributed by atoms with Gasteiger partial charge in [0.05, 0.1) is 5.41 Å². The van der Waals surface area contributed by atoms with E-state index in [1.54, 1.807) is 0 Å². The lowest BCUT2D eigenvalue weighted by Crippen LogP contribution is -2.36. The van der Waals surface area contributed by atoms with Gasteiger partial charge in [-0.3, -0.25) is 4.79 Å². The molecule has 114 valence electrons. The van der Waals surface area contributed by atoms with Gasteiger partial charge in [0, 0.05) is 31.1 Å². The van der Waals surface area contributed by atoms with Crippen LogP contribution in [0.15, 0.2) is 30.3 Å². The molecule has 1 aliphatic heterocycles. The highest BCUT2D eigenvalue weighted by molar-refractivity contribution is 7.98. The first-order valence-electron chi connectivity index (χ1n) is 7.78. The summed E-state index contributed by atoms with van der Waals surface area (Å²) in [6.07, 6.45) is 3.06. The molecule has 0 amide bonds. The molecule has 0 spiro atoms. The van der Waals surface area contributed by atoms with Gasteiger partial charge in [-0.2, -0.15) is 11.8 Å². The smallest absolute Gasteiger partial charge is 0.311 e. The largest absolute Gasteiger partial charge is 0.481 e. The van der Waals surface area contributed by atoms with Gasteiger partial charge in [-0.25, -0.2) is 0 Å². The Balaban J connectivity index is 1.44. The maximum absolute atomic E-state index is 11.6. The Labute approximate surface area is 130 Å². The molecule has 2 fully saturated rings. The fourth-order valence-electron chi connectivity index (χ4n) is 3.87. The number of hydrogen-bond donors (Lipinski definition) is 1. The summed E-state index contributed by atoms with van der Waals surface area (Å²) in [5, 5.41) is 9.58. The van der Waals surface area contributed by atoms with Crippen LogP contribution in [-0.2, 0) is 10.5 Å². The molecule has 3 rings (SSSR count). The van der Waals surface area contributed by atoms with Crippen LogP contribution in [0.1, 0.15) is 24.8 Å². The third kappa shape index (κ3) is 3.11. The van der Waals surface area contributed by atoms with E-state index < -0.39 is 11.4 Å². The van der Waals surface area contributed by atoms with E-state index in [2.05, 4.69) is 29.2 Å². The molecule has 1 saturated carbocycles. The van der Waals surface area contributed by atoms with Crippen molar-refractivity contribution in [2.24, 2.45) is 11.3 Å². The van der Waals surface area contributed by atoms with Crippen LogP contribution in [0.25, 0.3) is 0 Å². The van der Waals surface area contributed by atoms with Gasteiger partial charge >= 0.3 is 5.97 Å². The molecule has 1 aliphatic carbocycles. The summed E-state index contributed by atoms with van der Waals surface area (Å²) in [5.41, 5.74) is 0.937. The molecule has 1 heterocycles. The van der Waals surface area contributed by atoms with Crippen molar-refractivity contribution in [2.75, 3.05) is 25.4 Å². The van der Waals surface area contributed by atoms with Gasteiger partial charge in [0.25, 0.3) is 0 Å². The van der Waals surface area contributed by atoms with Crippen molar-refractivity contribution in [3.63, 3.8) is 0 Å². The van der Waals surface area contributed by atoms with Crippen molar-refractivity contribution >= 4 is 17.7 Å². The molecule has 4 heteroatoms. The van der Waals surface area contributed by atoms with E-state index in [0.717, 1.165) is 50.4 Å². The van der Waals surface area contributed by atoms with Gasteiger partial charge in [0.2, 0.25) is 0 Å². The van der Waals surface area contributed by atoms with Crippen LogP contribution in [0.5, 0.6) is 0 Å². The number of carboxylic acids is 1. The van der Waals surface area contributed by atoms with E-state index >= 15 is 0 Å². The number of nitrogens with zero attached hydrogens (tertiary/aromatic N) is 1. The Morgan fingerprint density at radius 2 is 2.19 bits per heavy atom. The zero-order valence-corrected chi connectivity index (χ0v) is 13.1. The number of rotatable bonds is 6. The van der Waals surface area contributed by atoms with Crippen LogP contribution in [0, 0.1) is 11.3 Å². The van der Waals surface area contributed by atoms with Gasteiger partial charge in [-0.05, 0) is 24.3 Å². The zero-order chi connectivity index (χ0) is 14.7. The lowest BCUT2D eigenvalue weighted by Gasteiger charge is -2.23. The highest BCUT2D eigenvalue weighted by atomic mass is 32.2. The van der Waals surface area contributed by atoms with Gasteiger partial charge in [0.1, 0.15) is 0 Å². The van der Waals surface area contributed by atoms with Gasteiger partial charge < -0.3 is 10.0 Å². The first-order chi connectivity index (χ1) is 10.2. The number of likely N-dealkylation sites (tertiary alicyclic amines) is 1. The summed E-state index contributed by atoms with van der Waals surface area (Å²) in [6, 6.07) is 10.5. The predicted octanol–water partition coefficient (Wildman–Crippen LogP) is 3.11. The Morgan fingerprint density at radius 1 is 1.38 bits per heavy atom. The SMILES string of the molecule is O=C(O)[C@@]12CCC[C@H]1CN(CCSCc1ccccc1)C2. The third-order valence-corrected chi connectivity index (χ3v) is 6.04. The van der Waals surface area contributed by atoms with Crippen molar-refractivity contribution in [3.8, 4) is 0 Å². The van der Waals surface area contributed by atoms with Crippen LogP contribution in [-0.4, -0.2) is 41.4 Å². The molecule has 0 bridgehead atoms. The molecule has 2 aliphatic rings. The Hall–Kier alpha value is -1.00. The van der Waals surface area contributed by atoms with E-state index in [0.29, 0.717) is 5.92 Å². The predicted molar refractivity (Wildman–Crippen MR) is 86.5 cm³/mol. The maximum atomic E-state index is 11.6. The normalized spacial score (nSPS) is 28.7. The Kier molecular flexibility index (Phi) is 4.55. The Morgan fingerprint density at radius 3 is 2.90 bits per heavy atom. The van der Waals surface area contributed by atoms with Crippen LogP contribution < -0.4 is 0 Å². The molecule has 2 atom stereocenters. The minimum Gasteiger partial charge on any atom is -0.481 e. The van der Waals surface area contributed by atoms with Crippen molar-refractivity contribution in [1.29, 1.82) is 0 Å². The minimum atomic E-state index is -0.565. The summed E-state index contributed by atoms with van der Waals surface area (Å²) in [6.45, 7) is 2.76. The van der Waals surface area contributed by atoms with Gasteiger partial charge in [-0.1, -0.05) is 36.8 Å². The average Bonchev–Trinajstić information content (AvgIpc) is 3.02. The second kappa shape index (κ2) is 6.41. The first-order valence-corrected chi connectivity index (χ1v) is 8.93. The number of benzene rings is 1. The molecule has 21 heavy (non-hydrogen) atoms. The minimum absolute atomic E-state index is 0.383. The summed E-state index contributed by atoms with van der Waals surface area (Å²) in [4.78, 5) is 14.0. The number of thioether (sulfide) groups is 1. The molecule has 1 N–H and O–H groups in total.